The van der Waals surface area contributed by atoms with E-state index in [0.29, 0.717) is 19.4 Å². The standard InChI is InChI=1S/C21H26N2O2/c1-16(15-24)22-20(25)21(12-18-10-6-7-11-19(18)13-21)23(2)14-17-8-4-3-5-9-17/h3-11,16,24H,12-15H2,1-2H3,(H,22,25)/t16-/m0/s1. The highest BCUT2D eigenvalue weighted by Gasteiger charge is 2.47. The molecule has 1 atom stereocenters. The van der Waals surface area contributed by atoms with E-state index in [1.165, 1.54) is 16.7 Å². The normalized spacial score (nSPS) is 16.5. The molecular formula is C21H26N2O2. The Balaban J connectivity index is 1.89. The van der Waals surface area contributed by atoms with Crippen LogP contribution in [-0.4, -0.2) is 41.1 Å². The zero-order valence-corrected chi connectivity index (χ0v) is 14.9. The van der Waals surface area contributed by atoms with Crippen LogP contribution in [-0.2, 0) is 24.2 Å². The van der Waals surface area contributed by atoms with Crippen molar-refractivity contribution in [3.05, 3.63) is 71.3 Å². The number of likely N-dealkylation sites (N-methyl/N-ethyl adjacent to an activating group) is 1. The molecule has 0 saturated heterocycles. The molecule has 0 spiro atoms. The van der Waals surface area contributed by atoms with E-state index in [4.69, 9.17) is 0 Å². The molecule has 0 fully saturated rings. The van der Waals surface area contributed by atoms with Gasteiger partial charge in [-0.2, -0.15) is 0 Å². The monoisotopic (exact) mass is 338 g/mol. The van der Waals surface area contributed by atoms with Gasteiger partial charge < -0.3 is 10.4 Å². The summed E-state index contributed by atoms with van der Waals surface area (Å²) in [7, 11) is 2.02. The van der Waals surface area contributed by atoms with E-state index in [2.05, 4.69) is 34.5 Å². The number of carbonyl (C=O) groups excluding carboxylic acids is 1. The number of fused-ring (bicyclic) bond motifs is 1. The SMILES string of the molecule is C[C@@H](CO)NC(=O)C1(N(C)Cc2ccccc2)Cc2ccccc2C1. The number of aliphatic hydroxyl groups is 1. The minimum atomic E-state index is -0.622. The summed E-state index contributed by atoms with van der Waals surface area (Å²) in [5.74, 6) is -0.0105. The van der Waals surface area contributed by atoms with Crippen molar-refractivity contribution in [2.24, 2.45) is 0 Å². The van der Waals surface area contributed by atoms with Crippen molar-refractivity contribution < 1.29 is 9.90 Å². The quantitative estimate of drug-likeness (QED) is 0.849. The van der Waals surface area contributed by atoms with Crippen LogP contribution in [0.15, 0.2) is 54.6 Å². The van der Waals surface area contributed by atoms with Gasteiger partial charge in [-0.05, 0) is 30.7 Å². The second-order valence-corrected chi connectivity index (χ2v) is 7.05. The van der Waals surface area contributed by atoms with Crippen molar-refractivity contribution in [1.29, 1.82) is 0 Å². The number of aliphatic hydroxyl groups excluding tert-OH is 1. The number of hydrogen-bond acceptors (Lipinski definition) is 3. The zero-order chi connectivity index (χ0) is 17.9. The van der Waals surface area contributed by atoms with Crippen LogP contribution in [0.25, 0.3) is 0 Å². The lowest BCUT2D eigenvalue weighted by molar-refractivity contribution is -0.133. The molecule has 2 aromatic carbocycles. The average molecular weight is 338 g/mol. The van der Waals surface area contributed by atoms with Gasteiger partial charge in [0.15, 0.2) is 0 Å². The summed E-state index contributed by atoms with van der Waals surface area (Å²) < 4.78 is 0. The molecule has 0 radical (unpaired) electrons. The second-order valence-electron chi connectivity index (χ2n) is 7.05. The van der Waals surface area contributed by atoms with E-state index in [1.807, 2.05) is 44.3 Å². The van der Waals surface area contributed by atoms with Gasteiger partial charge in [0.2, 0.25) is 5.91 Å². The molecule has 0 unspecified atom stereocenters. The van der Waals surface area contributed by atoms with Crippen LogP contribution in [0.3, 0.4) is 0 Å². The topological polar surface area (TPSA) is 52.6 Å². The van der Waals surface area contributed by atoms with Crippen molar-refractivity contribution in [3.8, 4) is 0 Å². The number of hydrogen-bond donors (Lipinski definition) is 2. The van der Waals surface area contributed by atoms with Gasteiger partial charge in [-0.15, -0.1) is 0 Å². The summed E-state index contributed by atoms with van der Waals surface area (Å²) in [6.45, 7) is 2.47. The second kappa shape index (κ2) is 7.38. The van der Waals surface area contributed by atoms with Crippen LogP contribution in [0.5, 0.6) is 0 Å². The molecule has 4 heteroatoms. The molecule has 0 aromatic heterocycles. The highest BCUT2D eigenvalue weighted by atomic mass is 16.3. The van der Waals surface area contributed by atoms with Crippen LogP contribution in [0, 0.1) is 0 Å². The van der Waals surface area contributed by atoms with E-state index in [1.54, 1.807) is 0 Å². The third kappa shape index (κ3) is 3.60. The Morgan fingerprint density at radius 3 is 2.24 bits per heavy atom. The minimum absolute atomic E-state index is 0.0105. The van der Waals surface area contributed by atoms with E-state index < -0.39 is 5.54 Å². The van der Waals surface area contributed by atoms with Gasteiger partial charge in [-0.1, -0.05) is 54.6 Å². The summed E-state index contributed by atoms with van der Waals surface area (Å²) in [6.07, 6.45) is 1.38. The van der Waals surface area contributed by atoms with E-state index >= 15 is 0 Å². The Morgan fingerprint density at radius 2 is 1.68 bits per heavy atom. The van der Waals surface area contributed by atoms with E-state index in [0.717, 1.165) is 0 Å². The summed E-state index contributed by atoms with van der Waals surface area (Å²) in [6, 6.07) is 18.2. The fourth-order valence-corrected chi connectivity index (χ4v) is 3.61. The number of nitrogens with zero attached hydrogens (tertiary/aromatic N) is 1. The van der Waals surface area contributed by atoms with Crippen molar-refractivity contribution in [2.75, 3.05) is 13.7 Å². The number of amides is 1. The number of rotatable bonds is 6. The molecule has 4 nitrogen and oxygen atoms in total. The Hall–Kier alpha value is -2.17. The lowest BCUT2D eigenvalue weighted by Crippen LogP contribution is -2.59. The predicted octanol–water partition coefficient (Wildman–Crippen LogP) is 2.15. The van der Waals surface area contributed by atoms with Gasteiger partial charge in [-0.3, -0.25) is 9.69 Å². The lowest BCUT2D eigenvalue weighted by atomic mass is 9.91. The summed E-state index contributed by atoms with van der Waals surface area (Å²) in [5, 5.41) is 12.3. The smallest absolute Gasteiger partial charge is 0.241 e. The number of carbonyl (C=O) groups is 1. The van der Waals surface area contributed by atoms with Crippen LogP contribution in [0.1, 0.15) is 23.6 Å². The molecular weight excluding hydrogens is 312 g/mol. The average Bonchev–Trinajstić information content (AvgIpc) is 3.03. The Kier molecular flexibility index (Phi) is 5.21. The van der Waals surface area contributed by atoms with Gasteiger partial charge >= 0.3 is 0 Å². The fourth-order valence-electron chi connectivity index (χ4n) is 3.61. The first kappa shape index (κ1) is 17.6. The van der Waals surface area contributed by atoms with Gasteiger partial charge in [0.05, 0.1) is 6.61 Å². The first-order valence-corrected chi connectivity index (χ1v) is 8.79. The molecule has 1 aliphatic carbocycles. The molecule has 1 aliphatic rings. The highest BCUT2D eigenvalue weighted by Crippen LogP contribution is 2.35. The van der Waals surface area contributed by atoms with Crippen LogP contribution < -0.4 is 5.32 Å². The van der Waals surface area contributed by atoms with Crippen LogP contribution >= 0.6 is 0 Å². The van der Waals surface area contributed by atoms with Gasteiger partial charge in [0.25, 0.3) is 0 Å². The maximum Gasteiger partial charge on any atom is 0.241 e. The first-order valence-electron chi connectivity index (χ1n) is 8.79. The minimum Gasteiger partial charge on any atom is -0.394 e. The van der Waals surface area contributed by atoms with Gasteiger partial charge in [-0.25, -0.2) is 0 Å². The van der Waals surface area contributed by atoms with Gasteiger partial charge in [0.1, 0.15) is 5.54 Å². The number of nitrogens with one attached hydrogen (secondary N) is 1. The molecule has 1 amide bonds. The predicted molar refractivity (Wildman–Crippen MR) is 99.2 cm³/mol. The molecule has 132 valence electrons. The molecule has 2 aromatic rings. The summed E-state index contributed by atoms with van der Waals surface area (Å²) >= 11 is 0. The largest absolute Gasteiger partial charge is 0.394 e. The molecule has 2 N–H and O–H groups in total. The first-order chi connectivity index (χ1) is 12.0. The molecule has 0 aliphatic heterocycles. The maximum atomic E-state index is 13.2. The van der Waals surface area contributed by atoms with E-state index in [9.17, 15) is 9.90 Å². The summed E-state index contributed by atoms with van der Waals surface area (Å²) in [5.41, 5.74) is 3.02. The number of benzene rings is 2. The Bertz CT molecular complexity index is 705. The zero-order valence-electron chi connectivity index (χ0n) is 14.9. The van der Waals surface area contributed by atoms with Crippen LogP contribution in [0.4, 0.5) is 0 Å². The van der Waals surface area contributed by atoms with E-state index in [-0.39, 0.29) is 18.6 Å². The Labute approximate surface area is 149 Å². The van der Waals surface area contributed by atoms with Crippen molar-refractivity contribution in [2.45, 2.75) is 37.9 Å². The summed E-state index contributed by atoms with van der Waals surface area (Å²) in [4.78, 5) is 15.3. The van der Waals surface area contributed by atoms with Gasteiger partial charge in [0, 0.05) is 25.4 Å². The molecule has 0 saturated carbocycles. The van der Waals surface area contributed by atoms with Crippen molar-refractivity contribution in [1.82, 2.24) is 10.2 Å². The van der Waals surface area contributed by atoms with Crippen molar-refractivity contribution >= 4 is 5.91 Å². The molecule has 3 rings (SSSR count). The maximum absolute atomic E-state index is 13.2. The molecule has 0 bridgehead atoms. The third-order valence-corrected chi connectivity index (χ3v) is 5.15. The third-order valence-electron chi connectivity index (χ3n) is 5.15. The fraction of sp³-hybridized carbons (Fsp3) is 0.381. The lowest BCUT2D eigenvalue weighted by Gasteiger charge is -2.38. The highest BCUT2D eigenvalue weighted by molar-refractivity contribution is 5.88. The van der Waals surface area contributed by atoms with Crippen LogP contribution in [0.2, 0.25) is 0 Å². The molecule has 25 heavy (non-hydrogen) atoms. The van der Waals surface area contributed by atoms with Crippen molar-refractivity contribution in [3.63, 3.8) is 0 Å². The Morgan fingerprint density at radius 1 is 1.12 bits per heavy atom. The molecule has 0 heterocycles.